The Kier molecular flexibility index (Phi) is 4.61. The molecule has 0 fully saturated rings. The summed E-state index contributed by atoms with van der Waals surface area (Å²) in [5.41, 5.74) is 3.18. The number of anilines is 2. The molecular formula is C21H17ClN2O3S. The van der Waals surface area contributed by atoms with Gasteiger partial charge in [-0.2, -0.15) is 0 Å². The third-order valence-electron chi connectivity index (χ3n) is 4.75. The highest BCUT2D eigenvalue weighted by molar-refractivity contribution is 7.93. The van der Waals surface area contributed by atoms with Crippen LogP contribution in [0.3, 0.4) is 0 Å². The molecule has 142 valence electrons. The number of nitrogens with zero attached hydrogens (tertiary/aromatic N) is 1. The normalized spacial score (nSPS) is 14.1. The molecule has 1 aliphatic heterocycles. The zero-order valence-electron chi connectivity index (χ0n) is 15.0. The smallest absolute Gasteiger partial charge is 0.265 e. The highest BCUT2D eigenvalue weighted by atomic mass is 35.5. The number of rotatable bonds is 3. The van der Waals surface area contributed by atoms with Crippen LogP contribution in [0.5, 0.6) is 0 Å². The second kappa shape index (κ2) is 6.96. The van der Waals surface area contributed by atoms with Gasteiger partial charge in [0.1, 0.15) is 6.54 Å². The first-order chi connectivity index (χ1) is 13.4. The molecule has 1 heterocycles. The van der Waals surface area contributed by atoms with E-state index in [1.165, 1.54) is 0 Å². The SMILES string of the molecule is Cc1c(Cl)cccc1NC(=O)CN1c2ccccc2-c2ccccc2S1(=O)=O. The van der Waals surface area contributed by atoms with Crippen molar-refractivity contribution in [1.29, 1.82) is 0 Å². The van der Waals surface area contributed by atoms with Gasteiger partial charge in [-0.3, -0.25) is 9.10 Å². The molecule has 0 atom stereocenters. The van der Waals surface area contributed by atoms with Gasteiger partial charge in [0.15, 0.2) is 0 Å². The Bertz CT molecular complexity index is 1190. The molecule has 28 heavy (non-hydrogen) atoms. The molecule has 1 aliphatic rings. The first-order valence-corrected chi connectivity index (χ1v) is 10.5. The Labute approximate surface area is 168 Å². The molecule has 0 aromatic heterocycles. The van der Waals surface area contributed by atoms with Crippen molar-refractivity contribution in [3.8, 4) is 11.1 Å². The summed E-state index contributed by atoms with van der Waals surface area (Å²) in [4.78, 5) is 12.9. The number of sulfonamides is 1. The molecule has 3 aromatic rings. The fourth-order valence-electron chi connectivity index (χ4n) is 3.31. The van der Waals surface area contributed by atoms with Crippen molar-refractivity contribution in [2.24, 2.45) is 0 Å². The van der Waals surface area contributed by atoms with Crippen molar-refractivity contribution in [3.63, 3.8) is 0 Å². The Morgan fingerprint density at radius 3 is 2.43 bits per heavy atom. The van der Waals surface area contributed by atoms with E-state index in [2.05, 4.69) is 5.32 Å². The Morgan fingerprint density at radius 2 is 1.64 bits per heavy atom. The van der Waals surface area contributed by atoms with Crippen LogP contribution in [0.1, 0.15) is 5.56 Å². The largest absolute Gasteiger partial charge is 0.324 e. The number of hydrogen-bond donors (Lipinski definition) is 1. The Morgan fingerprint density at radius 1 is 0.964 bits per heavy atom. The monoisotopic (exact) mass is 412 g/mol. The first-order valence-electron chi connectivity index (χ1n) is 8.66. The third-order valence-corrected chi connectivity index (χ3v) is 6.97. The van der Waals surface area contributed by atoms with Crippen LogP contribution >= 0.6 is 11.6 Å². The maximum atomic E-state index is 13.2. The predicted molar refractivity (Wildman–Crippen MR) is 111 cm³/mol. The third kappa shape index (κ3) is 3.04. The molecule has 5 nitrogen and oxygen atoms in total. The van der Waals surface area contributed by atoms with Crippen LogP contribution in [-0.4, -0.2) is 20.9 Å². The van der Waals surface area contributed by atoms with Gasteiger partial charge in [-0.05, 0) is 36.8 Å². The Balaban J connectivity index is 1.72. The molecule has 0 unspecified atom stereocenters. The second-order valence-electron chi connectivity index (χ2n) is 6.49. The number of amides is 1. The zero-order chi connectivity index (χ0) is 19.9. The van der Waals surface area contributed by atoms with Crippen LogP contribution in [0, 0.1) is 6.92 Å². The van der Waals surface area contributed by atoms with Crippen molar-refractivity contribution >= 4 is 38.9 Å². The number of carbonyl (C=O) groups excluding carboxylic acids is 1. The van der Waals surface area contributed by atoms with Crippen LogP contribution in [0.4, 0.5) is 11.4 Å². The molecule has 7 heteroatoms. The number of fused-ring (bicyclic) bond motifs is 3. The van der Waals surface area contributed by atoms with E-state index in [4.69, 9.17) is 11.6 Å². The van der Waals surface area contributed by atoms with E-state index in [0.717, 1.165) is 15.4 Å². The molecule has 0 bridgehead atoms. The highest BCUT2D eigenvalue weighted by Crippen LogP contribution is 2.42. The summed E-state index contributed by atoms with van der Waals surface area (Å²) >= 11 is 6.10. The van der Waals surface area contributed by atoms with Crippen molar-refractivity contribution in [2.75, 3.05) is 16.2 Å². The molecule has 0 saturated heterocycles. The number of hydrogen-bond acceptors (Lipinski definition) is 3. The Hall–Kier alpha value is -2.83. The van der Waals surface area contributed by atoms with Gasteiger partial charge in [-0.1, -0.05) is 54.1 Å². The first kappa shape index (κ1) is 18.5. The lowest BCUT2D eigenvalue weighted by molar-refractivity contribution is -0.114. The van der Waals surface area contributed by atoms with Gasteiger partial charge in [0.25, 0.3) is 10.0 Å². The van der Waals surface area contributed by atoms with Crippen LogP contribution in [0.15, 0.2) is 71.6 Å². The minimum Gasteiger partial charge on any atom is -0.324 e. The van der Waals surface area contributed by atoms with E-state index >= 15 is 0 Å². The molecule has 0 aliphatic carbocycles. The molecular weight excluding hydrogens is 396 g/mol. The highest BCUT2D eigenvalue weighted by Gasteiger charge is 2.35. The van der Waals surface area contributed by atoms with Gasteiger partial charge in [0.05, 0.1) is 10.6 Å². The van der Waals surface area contributed by atoms with Gasteiger partial charge in [-0.25, -0.2) is 8.42 Å². The van der Waals surface area contributed by atoms with Gasteiger partial charge >= 0.3 is 0 Å². The van der Waals surface area contributed by atoms with Gasteiger partial charge in [-0.15, -0.1) is 0 Å². The zero-order valence-corrected chi connectivity index (χ0v) is 16.6. The van der Waals surface area contributed by atoms with Crippen molar-refractivity contribution < 1.29 is 13.2 Å². The van der Waals surface area contributed by atoms with E-state index in [0.29, 0.717) is 22.0 Å². The van der Waals surface area contributed by atoms with Crippen LogP contribution in [0.25, 0.3) is 11.1 Å². The molecule has 1 N–H and O–H groups in total. The number of benzene rings is 3. The molecule has 0 spiro atoms. The summed E-state index contributed by atoms with van der Waals surface area (Å²) in [5.74, 6) is -0.442. The van der Waals surface area contributed by atoms with E-state index in [9.17, 15) is 13.2 Å². The summed E-state index contributed by atoms with van der Waals surface area (Å²) in [5, 5.41) is 3.29. The summed E-state index contributed by atoms with van der Waals surface area (Å²) in [6.45, 7) is 1.46. The van der Waals surface area contributed by atoms with Crippen molar-refractivity contribution in [3.05, 3.63) is 77.3 Å². The van der Waals surface area contributed by atoms with Gasteiger partial charge < -0.3 is 5.32 Å². The second-order valence-corrected chi connectivity index (χ2v) is 8.72. The average Bonchev–Trinajstić information content (AvgIpc) is 2.69. The maximum Gasteiger partial charge on any atom is 0.265 e. The minimum atomic E-state index is -3.86. The summed E-state index contributed by atoms with van der Waals surface area (Å²) < 4.78 is 27.6. The maximum absolute atomic E-state index is 13.2. The van der Waals surface area contributed by atoms with Crippen LogP contribution < -0.4 is 9.62 Å². The number of nitrogens with one attached hydrogen (secondary N) is 1. The quantitative estimate of drug-likeness (QED) is 0.690. The number of para-hydroxylation sites is 1. The molecule has 4 rings (SSSR count). The molecule has 0 radical (unpaired) electrons. The minimum absolute atomic E-state index is 0.195. The van der Waals surface area contributed by atoms with Crippen molar-refractivity contribution in [2.45, 2.75) is 11.8 Å². The predicted octanol–water partition coefficient (Wildman–Crippen LogP) is 4.46. The fourth-order valence-corrected chi connectivity index (χ4v) is 5.14. The molecule has 1 amide bonds. The standard InChI is InChI=1S/C21H17ClN2O3S/c1-14-17(22)9-6-10-18(14)23-21(25)13-24-19-11-4-2-7-15(19)16-8-3-5-12-20(16)28(24,26)27/h2-12H,13H2,1H3,(H,23,25). The van der Waals surface area contributed by atoms with E-state index in [-0.39, 0.29) is 11.4 Å². The summed E-state index contributed by atoms with van der Waals surface area (Å²) in [6.07, 6.45) is 0. The van der Waals surface area contributed by atoms with Crippen LogP contribution in [0.2, 0.25) is 5.02 Å². The van der Waals surface area contributed by atoms with Gasteiger partial charge in [0.2, 0.25) is 5.91 Å². The number of halogens is 1. The van der Waals surface area contributed by atoms with E-state index < -0.39 is 15.9 Å². The summed E-state index contributed by atoms with van der Waals surface area (Å²) in [7, 11) is -3.86. The fraction of sp³-hybridized carbons (Fsp3) is 0.0952. The average molecular weight is 413 g/mol. The summed E-state index contributed by atoms with van der Waals surface area (Å²) in [6, 6.07) is 19.2. The van der Waals surface area contributed by atoms with Gasteiger partial charge in [0, 0.05) is 21.8 Å². The van der Waals surface area contributed by atoms with Crippen LogP contribution in [-0.2, 0) is 14.8 Å². The lowest BCUT2D eigenvalue weighted by Gasteiger charge is -2.31. The molecule has 3 aromatic carbocycles. The van der Waals surface area contributed by atoms with Crippen molar-refractivity contribution in [1.82, 2.24) is 0 Å². The lowest BCUT2D eigenvalue weighted by atomic mass is 10.0. The number of carbonyl (C=O) groups is 1. The van der Waals surface area contributed by atoms with E-state index in [1.54, 1.807) is 61.5 Å². The lowest BCUT2D eigenvalue weighted by Crippen LogP contribution is -2.40. The molecule has 0 saturated carbocycles. The topological polar surface area (TPSA) is 66.5 Å². The van der Waals surface area contributed by atoms with E-state index in [1.807, 2.05) is 12.1 Å².